The molecule has 11 nitrogen and oxygen atoms in total. The van der Waals surface area contributed by atoms with Gasteiger partial charge in [-0.2, -0.15) is 0 Å². The molecule has 1 heterocycles. The molecule has 2 fully saturated rings. The lowest BCUT2D eigenvalue weighted by Crippen LogP contribution is -2.58. The van der Waals surface area contributed by atoms with E-state index in [2.05, 4.69) is 21.1 Å². The van der Waals surface area contributed by atoms with E-state index in [4.69, 9.17) is 24.1 Å². The van der Waals surface area contributed by atoms with Gasteiger partial charge in [0, 0.05) is 12.5 Å². The maximum Gasteiger partial charge on any atom is 0.187 e. The van der Waals surface area contributed by atoms with Gasteiger partial charge in [-0.3, -0.25) is 0 Å². The number of aliphatic carboxylic acids is 1. The van der Waals surface area contributed by atoms with E-state index in [1.165, 1.54) is 0 Å². The van der Waals surface area contributed by atoms with Crippen molar-refractivity contribution in [2.24, 2.45) is 0 Å². The first-order chi connectivity index (χ1) is 23.3. The predicted molar refractivity (Wildman–Crippen MR) is 182 cm³/mol. The predicted octanol–water partition coefficient (Wildman–Crippen LogP) is 2.31. The minimum absolute atomic E-state index is 0.135. The molecule has 8 atom stereocenters. The molecule has 49 heavy (non-hydrogen) atoms. The van der Waals surface area contributed by atoms with Crippen LogP contribution in [0.4, 0.5) is 0 Å². The monoisotopic (exact) mass is 681 g/mol. The number of aliphatic hydroxyl groups is 4. The number of aliphatic hydroxyl groups excluding tert-OH is 4. The minimum Gasteiger partial charge on any atom is -0.546 e. The van der Waals surface area contributed by atoms with Gasteiger partial charge in [-0.25, -0.2) is 0 Å². The Labute approximate surface area is 288 Å². The molecule has 1 aliphatic carbocycles. The third-order valence-corrected chi connectivity index (χ3v) is 8.61. The van der Waals surface area contributed by atoms with E-state index in [0.717, 1.165) is 40.6 Å². The van der Waals surface area contributed by atoms with Gasteiger partial charge in [0.25, 0.3) is 0 Å². The van der Waals surface area contributed by atoms with E-state index in [1.807, 2.05) is 66.7 Å². The zero-order valence-electron chi connectivity index (χ0n) is 28.8. The zero-order valence-corrected chi connectivity index (χ0v) is 28.8. The Bertz CT molecular complexity index is 1430. The Morgan fingerprint density at radius 1 is 0.857 bits per heavy atom. The van der Waals surface area contributed by atoms with Crippen LogP contribution in [0.25, 0.3) is 11.1 Å². The van der Waals surface area contributed by atoms with Crippen molar-refractivity contribution in [3.8, 4) is 22.6 Å². The second-order valence-electron chi connectivity index (χ2n) is 13.7. The van der Waals surface area contributed by atoms with Crippen LogP contribution < -0.4 is 14.6 Å². The van der Waals surface area contributed by atoms with Crippen molar-refractivity contribution in [3.05, 3.63) is 84.4 Å². The van der Waals surface area contributed by atoms with Gasteiger partial charge < -0.3 is 53.8 Å². The van der Waals surface area contributed by atoms with Gasteiger partial charge in [0.1, 0.15) is 48.6 Å². The van der Waals surface area contributed by atoms with Crippen LogP contribution in [0, 0.1) is 0 Å². The number of ether oxygens (including phenoxy) is 4. The molecule has 268 valence electrons. The van der Waals surface area contributed by atoms with E-state index >= 15 is 0 Å². The number of carboxylic acid groups (broad SMARTS) is 1. The third kappa shape index (κ3) is 11.5. The number of carboxylic acids is 1. The Balaban J connectivity index is 0.000000698. The summed E-state index contributed by atoms with van der Waals surface area (Å²) >= 11 is 0. The van der Waals surface area contributed by atoms with Crippen molar-refractivity contribution in [1.29, 1.82) is 0 Å². The topological polar surface area (TPSA) is 158 Å². The summed E-state index contributed by atoms with van der Waals surface area (Å²) in [6, 6.07) is 24.1. The van der Waals surface area contributed by atoms with Crippen LogP contribution in [0.2, 0.25) is 0 Å². The maximum atomic E-state index is 12.0. The minimum atomic E-state index is -1.41. The zero-order chi connectivity index (χ0) is 35.6. The van der Waals surface area contributed by atoms with Gasteiger partial charge >= 0.3 is 0 Å². The number of carbonyl (C=O) groups is 1. The molecule has 2 aliphatic rings. The standard InChI is InChI=1S/C33H38O9.C5H14NO/c1-20-29(34)30(35)31(36)33(39-20)42-27-15-9-8-14-26(27)40-24-17-23(22-12-6-3-7-13-22)18-25(19-24)41-28(32(37)38)16-21-10-4-2-5-11-21;1-6(2,3)4-5-7/h2-7,10-13,17-20,26-31,33-36H,8-9,14-16H2,1H3,(H,37,38);7H,4-5H2,1-3H3/q;+1/p-1/t20-,26+,27+,28-,29+,30+,31-,33-;/m0./s1. The molecule has 0 radical (unpaired) electrons. The summed E-state index contributed by atoms with van der Waals surface area (Å²) in [5.74, 6) is -0.529. The first kappa shape index (κ1) is 38.3. The van der Waals surface area contributed by atoms with Crippen molar-refractivity contribution in [3.63, 3.8) is 0 Å². The maximum absolute atomic E-state index is 12.0. The molecular weight excluding hydrogens is 630 g/mol. The molecule has 0 unspecified atom stereocenters. The average Bonchev–Trinajstić information content (AvgIpc) is 3.07. The average molecular weight is 682 g/mol. The Kier molecular flexibility index (Phi) is 14.0. The van der Waals surface area contributed by atoms with E-state index in [0.29, 0.717) is 24.3 Å². The number of quaternary nitrogens is 1. The molecule has 3 aromatic rings. The summed E-state index contributed by atoms with van der Waals surface area (Å²) in [5.41, 5.74) is 2.49. The summed E-state index contributed by atoms with van der Waals surface area (Å²) in [6.45, 7) is 2.72. The molecule has 5 rings (SSSR count). The highest BCUT2D eigenvalue weighted by Crippen LogP contribution is 2.35. The SMILES string of the molecule is C[C@@H]1O[C@@H](O[C@@H]2CCCC[C@H]2Oc2cc(O[C@@H](Cc3ccccc3)C(=O)[O-])cc(-c3ccccc3)c2)[C@@H](O)[C@H](O)[C@@H]1O.C[N+](C)(C)CCO. The van der Waals surface area contributed by atoms with Gasteiger partial charge in [0.05, 0.1) is 45.9 Å². The number of likely N-dealkylation sites (N-methyl/N-ethyl adjacent to an activating group) is 1. The molecule has 0 aromatic heterocycles. The van der Waals surface area contributed by atoms with Crippen LogP contribution in [-0.4, -0.2) is 114 Å². The Hall–Kier alpha value is -3.55. The lowest BCUT2D eigenvalue weighted by atomic mass is 9.94. The van der Waals surface area contributed by atoms with Crippen molar-refractivity contribution < 1.29 is 53.8 Å². The van der Waals surface area contributed by atoms with E-state index in [1.54, 1.807) is 19.1 Å². The first-order valence-electron chi connectivity index (χ1n) is 16.9. The second-order valence-corrected chi connectivity index (χ2v) is 13.7. The van der Waals surface area contributed by atoms with E-state index in [-0.39, 0.29) is 13.0 Å². The van der Waals surface area contributed by atoms with Gasteiger partial charge in [0.2, 0.25) is 0 Å². The quantitative estimate of drug-likeness (QED) is 0.209. The van der Waals surface area contributed by atoms with Crippen LogP contribution in [-0.2, 0) is 20.7 Å². The molecule has 1 saturated carbocycles. The van der Waals surface area contributed by atoms with Gasteiger partial charge in [-0.1, -0.05) is 67.1 Å². The molecule has 1 saturated heterocycles. The number of hydrogen-bond acceptors (Lipinski definition) is 10. The highest BCUT2D eigenvalue weighted by atomic mass is 16.7. The van der Waals surface area contributed by atoms with Crippen LogP contribution in [0.3, 0.4) is 0 Å². The molecule has 0 bridgehead atoms. The Morgan fingerprint density at radius 2 is 1.47 bits per heavy atom. The number of benzene rings is 3. The fourth-order valence-corrected chi connectivity index (χ4v) is 5.80. The number of nitrogens with zero attached hydrogens (tertiary/aromatic N) is 1. The summed E-state index contributed by atoms with van der Waals surface area (Å²) < 4.78 is 25.1. The fourth-order valence-electron chi connectivity index (χ4n) is 5.80. The highest BCUT2D eigenvalue weighted by Gasteiger charge is 2.44. The largest absolute Gasteiger partial charge is 0.546 e. The lowest BCUT2D eigenvalue weighted by Gasteiger charge is -2.42. The van der Waals surface area contributed by atoms with Gasteiger partial charge in [-0.05, 0) is 55.0 Å². The molecule has 0 amide bonds. The van der Waals surface area contributed by atoms with Crippen LogP contribution in [0.1, 0.15) is 38.2 Å². The molecule has 3 aromatic carbocycles. The number of rotatable bonds is 12. The van der Waals surface area contributed by atoms with E-state index < -0.39 is 55.0 Å². The van der Waals surface area contributed by atoms with E-state index in [9.17, 15) is 25.2 Å². The van der Waals surface area contributed by atoms with Crippen molar-refractivity contribution in [2.75, 3.05) is 34.3 Å². The molecule has 4 N–H and O–H groups in total. The summed E-state index contributed by atoms with van der Waals surface area (Å²) in [5, 5.41) is 51.2. The van der Waals surface area contributed by atoms with Crippen molar-refractivity contribution >= 4 is 5.97 Å². The molecule has 1 aliphatic heterocycles. The van der Waals surface area contributed by atoms with Gasteiger partial charge in [-0.15, -0.1) is 0 Å². The van der Waals surface area contributed by atoms with Crippen molar-refractivity contribution in [1.82, 2.24) is 0 Å². The van der Waals surface area contributed by atoms with Crippen molar-refractivity contribution in [2.45, 2.75) is 88.0 Å². The number of hydrogen-bond donors (Lipinski definition) is 4. The molecule has 0 spiro atoms. The first-order valence-corrected chi connectivity index (χ1v) is 16.9. The summed E-state index contributed by atoms with van der Waals surface area (Å²) in [6.07, 6.45) is -4.68. The molecule has 11 heteroatoms. The highest BCUT2D eigenvalue weighted by molar-refractivity contribution is 5.72. The van der Waals surface area contributed by atoms with Crippen LogP contribution >= 0.6 is 0 Å². The Morgan fingerprint density at radius 3 is 2.06 bits per heavy atom. The lowest BCUT2D eigenvalue weighted by molar-refractivity contribution is -0.870. The van der Waals surface area contributed by atoms with Crippen LogP contribution in [0.15, 0.2) is 78.9 Å². The molecular formula is C38H51NO10. The summed E-state index contributed by atoms with van der Waals surface area (Å²) in [4.78, 5) is 12.0. The van der Waals surface area contributed by atoms with Crippen LogP contribution in [0.5, 0.6) is 11.5 Å². The smallest absolute Gasteiger partial charge is 0.187 e. The van der Waals surface area contributed by atoms with Gasteiger partial charge in [0.15, 0.2) is 6.29 Å². The fraction of sp³-hybridized carbons (Fsp3) is 0.500. The second kappa shape index (κ2) is 17.9. The number of carbonyl (C=O) groups excluding carboxylic acids is 1. The summed E-state index contributed by atoms with van der Waals surface area (Å²) in [7, 11) is 6.16. The third-order valence-electron chi connectivity index (χ3n) is 8.61. The normalized spacial score (nSPS) is 26.2.